The van der Waals surface area contributed by atoms with Crippen molar-refractivity contribution in [2.75, 3.05) is 0 Å². The number of aromatic nitrogens is 2. The second-order valence-corrected chi connectivity index (χ2v) is 8.66. The zero-order valence-electron chi connectivity index (χ0n) is 20.1. The molecule has 4 aromatic rings. The molecule has 0 radical (unpaired) electrons. The predicted molar refractivity (Wildman–Crippen MR) is 137 cm³/mol. The van der Waals surface area contributed by atoms with E-state index in [4.69, 9.17) is 4.98 Å². The van der Waals surface area contributed by atoms with E-state index in [9.17, 15) is 4.79 Å². The van der Waals surface area contributed by atoms with Crippen LogP contribution in [-0.2, 0) is 19.4 Å². The van der Waals surface area contributed by atoms with Gasteiger partial charge in [-0.2, -0.15) is 0 Å². The van der Waals surface area contributed by atoms with Gasteiger partial charge in [-0.1, -0.05) is 80.6 Å². The zero-order chi connectivity index (χ0) is 23.4. The average Bonchev–Trinajstić information content (AvgIpc) is 3.18. The minimum atomic E-state index is 0.0895. The molecular weight excluding hydrogens is 404 g/mol. The van der Waals surface area contributed by atoms with E-state index in [1.165, 1.54) is 33.4 Å². The van der Waals surface area contributed by atoms with Gasteiger partial charge in [-0.25, -0.2) is 4.98 Å². The van der Waals surface area contributed by atoms with Gasteiger partial charge in [-0.3, -0.25) is 4.79 Å². The monoisotopic (exact) mass is 436 g/mol. The molecule has 0 unspecified atom stereocenters. The van der Waals surface area contributed by atoms with Crippen molar-refractivity contribution >= 4 is 5.78 Å². The Bertz CT molecular complexity index is 1250. The highest BCUT2D eigenvalue weighted by Crippen LogP contribution is 2.30. The molecule has 3 aromatic carbocycles. The van der Waals surface area contributed by atoms with Gasteiger partial charge in [0.2, 0.25) is 0 Å². The summed E-state index contributed by atoms with van der Waals surface area (Å²) in [5.41, 5.74) is 9.00. The van der Waals surface area contributed by atoms with Gasteiger partial charge in [-0.05, 0) is 59.2 Å². The minimum Gasteiger partial charge on any atom is -0.321 e. The molecule has 0 fully saturated rings. The molecule has 0 saturated carbocycles. The second-order valence-electron chi connectivity index (χ2n) is 8.66. The maximum Gasteiger partial charge on any atom is 0.178 e. The summed E-state index contributed by atoms with van der Waals surface area (Å²) in [6, 6.07) is 25.9. The van der Waals surface area contributed by atoms with Crippen LogP contribution in [0.4, 0.5) is 0 Å². The summed E-state index contributed by atoms with van der Waals surface area (Å²) in [5, 5.41) is 0. The van der Waals surface area contributed by atoms with Crippen LogP contribution in [0.25, 0.3) is 22.3 Å². The van der Waals surface area contributed by atoms with Crippen LogP contribution in [0.5, 0.6) is 0 Å². The Labute approximate surface area is 197 Å². The molecule has 1 heterocycles. The fraction of sp³-hybridized carbons (Fsp3) is 0.267. The fourth-order valence-electron chi connectivity index (χ4n) is 4.49. The van der Waals surface area contributed by atoms with Crippen molar-refractivity contribution in [3.63, 3.8) is 0 Å². The molecule has 3 heteroatoms. The van der Waals surface area contributed by atoms with Crippen molar-refractivity contribution in [1.82, 2.24) is 9.55 Å². The molecule has 4 rings (SSSR count). The largest absolute Gasteiger partial charge is 0.321 e. The first-order valence-corrected chi connectivity index (χ1v) is 11.9. The fourth-order valence-corrected chi connectivity index (χ4v) is 4.49. The van der Waals surface area contributed by atoms with Crippen molar-refractivity contribution in [3.05, 3.63) is 101 Å². The maximum atomic E-state index is 12.4. The summed E-state index contributed by atoms with van der Waals surface area (Å²) in [5.74, 6) is 1.10. The van der Waals surface area contributed by atoms with E-state index >= 15 is 0 Å². The van der Waals surface area contributed by atoms with Gasteiger partial charge < -0.3 is 4.57 Å². The number of hydrogen-bond donors (Lipinski definition) is 0. The first kappa shape index (κ1) is 22.7. The number of ketones is 1. The molecule has 0 aliphatic carbocycles. The first-order chi connectivity index (χ1) is 16.0. The lowest BCUT2D eigenvalue weighted by molar-refractivity contribution is 0.100. The van der Waals surface area contributed by atoms with E-state index < -0.39 is 0 Å². The number of hydrogen-bond acceptors (Lipinski definition) is 2. The molecule has 168 valence electrons. The van der Waals surface area contributed by atoms with Gasteiger partial charge in [0.15, 0.2) is 5.78 Å². The topological polar surface area (TPSA) is 34.9 Å². The van der Waals surface area contributed by atoms with Crippen molar-refractivity contribution in [2.24, 2.45) is 0 Å². The van der Waals surface area contributed by atoms with Gasteiger partial charge in [0, 0.05) is 19.9 Å². The Kier molecular flexibility index (Phi) is 6.88. The molecular formula is C30H32N2O. The molecule has 1 aromatic heterocycles. The lowest BCUT2D eigenvalue weighted by Crippen LogP contribution is -2.12. The number of imidazole rings is 1. The van der Waals surface area contributed by atoms with E-state index in [-0.39, 0.29) is 5.78 Å². The van der Waals surface area contributed by atoms with Crippen molar-refractivity contribution in [2.45, 2.75) is 53.5 Å². The molecule has 3 nitrogen and oxygen atoms in total. The third-order valence-electron chi connectivity index (χ3n) is 6.21. The summed E-state index contributed by atoms with van der Waals surface area (Å²) in [4.78, 5) is 17.2. The third kappa shape index (κ3) is 4.83. The van der Waals surface area contributed by atoms with Crippen LogP contribution in [0.1, 0.15) is 60.3 Å². The first-order valence-electron chi connectivity index (χ1n) is 11.9. The summed E-state index contributed by atoms with van der Waals surface area (Å²) < 4.78 is 2.13. The Morgan fingerprint density at radius 3 is 2.21 bits per heavy atom. The number of benzene rings is 3. The molecule has 0 spiro atoms. The number of Topliss-reactive ketones (excluding diaryl/α,β-unsaturated/α-hetero) is 1. The molecule has 33 heavy (non-hydrogen) atoms. The molecule has 0 amide bonds. The summed E-state index contributed by atoms with van der Waals surface area (Å²) >= 11 is 0. The van der Waals surface area contributed by atoms with Crippen LogP contribution in [0.3, 0.4) is 0 Å². The number of aryl methyl sites for hydroxylation is 3. The summed E-state index contributed by atoms with van der Waals surface area (Å²) in [7, 11) is 0. The second kappa shape index (κ2) is 9.99. The average molecular weight is 437 g/mol. The number of rotatable bonds is 8. The molecule has 0 bridgehead atoms. The summed E-state index contributed by atoms with van der Waals surface area (Å²) in [6.45, 7) is 8.69. The molecule has 0 saturated heterocycles. The van der Waals surface area contributed by atoms with Gasteiger partial charge in [0.1, 0.15) is 11.5 Å². The van der Waals surface area contributed by atoms with E-state index in [2.05, 4.69) is 92.1 Å². The Morgan fingerprint density at radius 2 is 1.58 bits per heavy atom. The highest BCUT2D eigenvalue weighted by Gasteiger charge is 2.19. The van der Waals surface area contributed by atoms with E-state index in [1.807, 2.05) is 6.07 Å². The van der Waals surface area contributed by atoms with Crippen LogP contribution in [0, 0.1) is 6.92 Å². The van der Waals surface area contributed by atoms with E-state index in [1.54, 1.807) is 6.92 Å². The van der Waals surface area contributed by atoms with Crippen LogP contribution in [-0.4, -0.2) is 15.3 Å². The van der Waals surface area contributed by atoms with Gasteiger partial charge in [0.25, 0.3) is 0 Å². The molecule has 0 aliphatic heterocycles. The van der Waals surface area contributed by atoms with Crippen LogP contribution in [0.2, 0.25) is 0 Å². The zero-order valence-corrected chi connectivity index (χ0v) is 20.1. The quantitative estimate of drug-likeness (QED) is 0.272. The SMILES string of the molecule is CCCc1nc(CC)c(C(C)=O)n1Cc1ccc(-c2cc(-c3ccccc3)ccc2C)cc1. The normalized spacial score (nSPS) is 11.0. The third-order valence-corrected chi connectivity index (χ3v) is 6.21. The highest BCUT2D eigenvalue weighted by atomic mass is 16.1. The molecule has 0 aliphatic rings. The van der Waals surface area contributed by atoms with Gasteiger partial charge in [0.05, 0.1) is 5.69 Å². The standard InChI is InChI=1S/C30H32N2O/c1-5-10-29-31-28(6-2)30(22(4)33)32(29)20-23-14-17-25(18-15-23)27-19-26(16-13-21(27)3)24-11-8-7-9-12-24/h7-9,11-19H,5-6,10,20H2,1-4H3. The van der Waals surface area contributed by atoms with E-state index in [0.717, 1.165) is 36.5 Å². The van der Waals surface area contributed by atoms with Crippen LogP contribution in [0.15, 0.2) is 72.8 Å². The molecule has 0 N–H and O–H groups in total. The highest BCUT2D eigenvalue weighted by molar-refractivity contribution is 5.93. The number of nitrogens with zero attached hydrogens (tertiary/aromatic N) is 2. The molecule has 0 atom stereocenters. The number of carbonyl (C=O) groups excluding carboxylic acids is 1. The predicted octanol–water partition coefficient (Wildman–Crippen LogP) is 7.29. The Hall–Kier alpha value is -3.46. The lowest BCUT2D eigenvalue weighted by atomic mass is 9.95. The van der Waals surface area contributed by atoms with Gasteiger partial charge >= 0.3 is 0 Å². The van der Waals surface area contributed by atoms with Crippen molar-refractivity contribution in [1.29, 1.82) is 0 Å². The Morgan fingerprint density at radius 1 is 0.879 bits per heavy atom. The van der Waals surface area contributed by atoms with Gasteiger partial charge in [-0.15, -0.1) is 0 Å². The van der Waals surface area contributed by atoms with Crippen molar-refractivity contribution < 1.29 is 4.79 Å². The van der Waals surface area contributed by atoms with E-state index in [0.29, 0.717) is 6.54 Å². The van der Waals surface area contributed by atoms with Crippen LogP contribution < -0.4 is 0 Å². The lowest BCUT2D eigenvalue weighted by Gasteiger charge is -2.13. The maximum absolute atomic E-state index is 12.4. The van der Waals surface area contributed by atoms with Crippen LogP contribution >= 0.6 is 0 Å². The Balaban J connectivity index is 1.66. The summed E-state index contributed by atoms with van der Waals surface area (Å²) in [6.07, 6.45) is 2.66. The van der Waals surface area contributed by atoms with Crippen molar-refractivity contribution in [3.8, 4) is 22.3 Å². The number of carbonyl (C=O) groups is 1. The smallest absolute Gasteiger partial charge is 0.178 e. The minimum absolute atomic E-state index is 0.0895.